The first-order chi connectivity index (χ1) is 8.20. The smallest absolute Gasteiger partial charge is 0.339 e. The van der Waals surface area contributed by atoms with Crippen molar-refractivity contribution in [2.75, 3.05) is 24.7 Å². The Labute approximate surface area is 108 Å². The molecular formula is C11H11ClN2O2S. The quantitative estimate of drug-likeness (QED) is 0.840. The van der Waals surface area contributed by atoms with Crippen molar-refractivity contribution in [3.63, 3.8) is 0 Å². The van der Waals surface area contributed by atoms with Crippen LogP contribution in [0.1, 0.15) is 10.4 Å². The maximum atomic E-state index is 11.3. The first-order valence-corrected chi connectivity index (χ1v) is 6.39. The molecule has 1 aliphatic heterocycles. The zero-order valence-corrected chi connectivity index (χ0v) is 10.8. The van der Waals surface area contributed by atoms with Crippen LogP contribution < -0.4 is 5.32 Å². The number of hydrogen-bond donors (Lipinski definition) is 1. The van der Waals surface area contributed by atoms with E-state index in [0.717, 1.165) is 23.2 Å². The number of nitrogens with zero attached hydrogens (tertiary/aromatic N) is 1. The molecule has 1 heterocycles. The SMILES string of the molecule is COC(=O)c1ccc(NC2=NCCS2)cc1Cl. The van der Waals surface area contributed by atoms with Gasteiger partial charge < -0.3 is 10.1 Å². The van der Waals surface area contributed by atoms with Gasteiger partial charge in [0, 0.05) is 11.4 Å². The molecule has 0 saturated carbocycles. The van der Waals surface area contributed by atoms with Gasteiger partial charge in [0.05, 0.1) is 24.2 Å². The van der Waals surface area contributed by atoms with Gasteiger partial charge in [-0.15, -0.1) is 0 Å². The van der Waals surface area contributed by atoms with Gasteiger partial charge in [0.1, 0.15) is 0 Å². The standard InChI is InChI=1S/C11H11ClN2O2S/c1-16-10(15)8-3-2-7(6-9(8)12)14-11-13-4-5-17-11/h2-3,6H,4-5H2,1H3,(H,13,14). The summed E-state index contributed by atoms with van der Waals surface area (Å²) in [5, 5.41) is 4.39. The van der Waals surface area contributed by atoms with E-state index in [9.17, 15) is 4.79 Å². The van der Waals surface area contributed by atoms with Crippen molar-refractivity contribution in [3.8, 4) is 0 Å². The van der Waals surface area contributed by atoms with Crippen molar-refractivity contribution in [2.24, 2.45) is 4.99 Å². The molecule has 0 saturated heterocycles. The van der Waals surface area contributed by atoms with Crippen molar-refractivity contribution in [2.45, 2.75) is 0 Å². The van der Waals surface area contributed by atoms with Gasteiger partial charge in [-0.3, -0.25) is 4.99 Å². The minimum atomic E-state index is -0.436. The van der Waals surface area contributed by atoms with Gasteiger partial charge in [0.15, 0.2) is 5.17 Å². The summed E-state index contributed by atoms with van der Waals surface area (Å²) in [6.45, 7) is 0.834. The molecule has 6 heteroatoms. The number of hydrogen-bond acceptors (Lipinski definition) is 5. The maximum Gasteiger partial charge on any atom is 0.339 e. The van der Waals surface area contributed by atoms with E-state index < -0.39 is 5.97 Å². The molecule has 1 N–H and O–H groups in total. The van der Waals surface area contributed by atoms with Gasteiger partial charge in [0.2, 0.25) is 0 Å². The normalized spacial score (nSPS) is 14.4. The fourth-order valence-corrected chi connectivity index (χ4v) is 2.41. The molecule has 0 spiro atoms. The Morgan fingerprint density at radius 3 is 3.00 bits per heavy atom. The Balaban J connectivity index is 2.15. The van der Waals surface area contributed by atoms with Gasteiger partial charge in [0.25, 0.3) is 0 Å². The molecular weight excluding hydrogens is 260 g/mol. The van der Waals surface area contributed by atoms with Crippen molar-refractivity contribution < 1.29 is 9.53 Å². The van der Waals surface area contributed by atoms with E-state index in [1.807, 2.05) is 0 Å². The lowest BCUT2D eigenvalue weighted by atomic mass is 10.2. The molecule has 90 valence electrons. The number of amidine groups is 1. The first-order valence-electron chi connectivity index (χ1n) is 5.03. The number of anilines is 1. The maximum absolute atomic E-state index is 11.3. The molecule has 0 aromatic heterocycles. The molecule has 0 bridgehead atoms. The molecule has 0 atom stereocenters. The van der Waals surface area contributed by atoms with Crippen LogP contribution in [0.15, 0.2) is 23.2 Å². The van der Waals surface area contributed by atoms with Crippen LogP contribution in [0.5, 0.6) is 0 Å². The fraction of sp³-hybridized carbons (Fsp3) is 0.273. The monoisotopic (exact) mass is 270 g/mol. The van der Waals surface area contributed by atoms with E-state index in [-0.39, 0.29) is 0 Å². The highest BCUT2D eigenvalue weighted by atomic mass is 35.5. The minimum Gasteiger partial charge on any atom is -0.465 e. The Hall–Kier alpha value is -1.20. The van der Waals surface area contributed by atoms with Crippen molar-refractivity contribution >= 4 is 40.2 Å². The lowest BCUT2D eigenvalue weighted by Crippen LogP contribution is -2.06. The minimum absolute atomic E-state index is 0.362. The second kappa shape index (κ2) is 5.42. The number of methoxy groups -OCH3 is 1. The number of carbonyl (C=O) groups excluding carboxylic acids is 1. The summed E-state index contributed by atoms with van der Waals surface area (Å²) in [7, 11) is 1.33. The third-order valence-electron chi connectivity index (χ3n) is 2.21. The lowest BCUT2D eigenvalue weighted by molar-refractivity contribution is 0.0601. The Morgan fingerprint density at radius 2 is 2.41 bits per heavy atom. The van der Waals surface area contributed by atoms with Crippen LogP contribution in [0.2, 0.25) is 5.02 Å². The van der Waals surface area contributed by atoms with Crippen molar-refractivity contribution in [1.29, 1.82) is 0 Å². The Bertz CT molecular complexity index is 477. The molecule has 0 amide bonds. The van der Waals surface area contributed by atoms with Crippen molar-refractivity contribution in [1.82, 2.24) is 0 Å². The Kier molecular flexibility index (Phi) is 3.91. The van der Waals surface area contributed by atoms with E-state index in [1.165, 1.54) is 7.11 Å². The molecule has 0 unspecified atom stereocenters. The summed E-state index contributed by atoms with van der Waals surface area (Å²) in [5.41, 5.74) is 1.18. The zero-order chi connectivity index (χ0) is 12.3. The molecule has 1 aromatic rings. The number of thioether (sulfide) groups is 1. The molecule has 0 aliphatic carbocycles. The predicted molar refractivity (Wildman–Crippen MR) is 71.2 cm³/mol. The number of nitrogens with one attached hydrogen (secondary N) is 1. The summed E-state index contributed by atoms with van der Waals surface area (Å²) >= 11 is 7.66. The average molecular weight is 271 g/mol. The third-order valence-corrected chi connectivity index (χ3v) is 3.42. The molecule has 0 fully saturated rings. The predicted octanol–water partition coefficient (Wildman–Crippen LogP) is 2.64. The molecule has 17 heavy (non-hydrogen) atoms. The van der Waals surface area contributed by atoms with Crippen molar-refractivity contribution in [3.05, 3.63) is 28.8 Å². The number of carbonyl (C=O) groups is 1. The van der Waals surface area contributed by atoms with Crippen LogP contribution in [0.4, 0.5) is 5.69 Å². The van der Waals surface area contributed by atoms with E-state index in [1.54, 1.807) is 30.0 Å². The van der Waals surface area contributed by atoms with Gasteiger partial charge in [-0.2, -0.15) is 0 Å². The highest BCUT2D eigenvalue weighted by Crippen LogP contribution is 2.23. The largest absolute Gasteiger partial charge is 0.465 e. The van der Waals surface area contributed by atoms with Gasteiger partial charge in [-0.1, -0.05) is 23.4 Å². The number of benzene rings is 1. The summed E-state index contributed by atoms with van der Waals surface area (Å²) in [6, 6.07) is 5.10. The third kappa shape index (κ3) is 2.92. The fourth-order valence-electron chi connectivity index (χ4n) is 1.40. The van der Waals surface area contributed by atoms with Crippen LogP contribution >= 0.6 is 23.4 Å². The number of ether oxygens (including phenoxy) is 1. The number of aliphatic imine (C=N–C) groups is 1. The number of halogens is 1. The van der Waals surface area contributed by atoms with Crippen LogP contribution in [0.3, 0.4) is 0 Å². The van der Waals surface area contributed by atoms with Gasteiger partial charge in [-0.25, -0.2) is 4.79 Å². The summed E-state index contributed by atoms with van der Waals surface area (Å²) < 4.78 is 4.62. The second-order valence-corrected chi connectivity index (χ2v) is 4.84. The van der Waals surface area contributed by atoms with Gasteiger partial charge >= 0.3 is 5.97 Å². The number of esters is 1. The summed E-state index contributed by atoms with van der Waals surface area (Å²) in [5.74, 6) is 0.560. The van der Waals surface area contributed by atoms with Crippen LogP contribution in [-0.2, 0) is 4.74 Å². The Morgan fingerprint density at radius 1 is 1.59 bits per heavy atom. The second-order valence-electron chi connectivity index (χ2n) is 3.35. The molecule has 1 aliphatic rings. The van der Waals surface area contributed by atoms with Crippen LogP contribution in [-0.4, -0.2) is 30.5 Å². The molecule has 1 aromatic carbocycles. The van der Waals surface area contributed by atoms with E-state index in [2.05, 4.69) is 15.0 Å². The van der Waals surface area contributed by atoms with Crippen LogP contribution in [0.25, 0.3) is 0 Å². The first kappa shape index (κ1) is 12.3. The van der Waals surface area contributed by atoms with Crippen LogP contribution in [0, 0.1) is 0 Å². The molecule has 0 radical (unpaired) electrons. The topological polar surface area (TPSA) is 50.7 Å². The summed E-state index contributed by atoms with van der Waals surface area (Å²) in [6.07, 6.45) is 0. The average Bonchev–Trinajstić information content (AvgIpc) is 2.81. The highest BCUT2D eigenvalue weighted by Gasteiger charge is 2.12. The lowest BCUT2D eigenvalue weighted by Gasteiger charge is -2.07. The zero-order valence-electron chi connectivity index (χ0n) is 9.20. The van der Waals surface area contributed by atoms with E-state index in [0.29, 0.717) is 10.6 Å². The van der Waals surface area contributed by atoms with E-state index in [4.69, 9.17) is 11.6 Å². The number of rotatable bonds is 2. The summed E-state index contributed by atoms with van der Waals surface area (Å²) in [4.78, 5) is 15.6. The molecule has 2 rings (SSSR count). The van der Waals surface area contributed by atoms with E-state index >= 15 is 0 Å². The highest BCUT2D eigenvalue weighted by molar-refractivity contribution is 8.14. The molecule has 4 nitrogen and oxygen atoms in total. The van der Waals surface area contributed by atoms with Gasteiger partial charge in [-0.05, 0) is 18.2 Å².